The molecule has 2 aromatic rings. The molecule has 0 aliphatic rings. The highest BCUT2D eigenvalue weighted by Crippen LogP contribution is 2.26. The van der Waals surface area contributed by atoms with Crippen molar-refractivity contribution in [2.45, 2.75) is 33.2 Å². The lowest BCUT2D eigenvalue weighted by molar-refractivity contribution is 0.424. The van der Waals surface area contributed by atoms with Crippen LogP contribution in [0.25, 0.3) is 0 Å². The van der Waals surface area contributed by atoms with E-state index >= 15 is 0 Å². The minimum Gasteiger partial charge on any atom is -0.436 e. The molecule has 0 amide bonds. The van der Waals surface area contributed by atoms with Gasteiger partial charge in [-0.05, 0) is 50.1 Å². The summed E-state index contributed by atoms with van der Waals surface area (Å²) in [6, 6.07) is 9.07. The van der Waals surface area contributed by atoms with E-state index in [4.69, 9.17) is 4.74 Å². The van der Waals surface area contributed by atoms with Gasteiger partial charge >= 0.3 is 0 Å². The molecular weight excluding hydrogens is 267 g/mol. The van der Waals surface area contributed by atoms with E-state index in [1.54, 1.807) is 31.3 Å². The van der Waals surface area contributed by atoms with Gasteiger partial charge in [0.1, 0.15) is 0 Å². The van der Waals surface area contributed by atoms with Gasteiger partial charge in [-0.1, -0.05) is 19.1 Å². The second kappa shape index (κ2) is 7.18. The van der Waals surface area contributed by atoms with Crippen LogP contribution in [-0.4, -0.2) is 11.5 Å². The lowest BCUT2D eigenvalue weighted by Gasteiger charge is -2.14. The summed E-state index contributed by atoms with van der Waals surface area (Å²) in [5.41, 5.74) is 1.63. The molecule has 0 aliphatic carbocycles. The number of nitrogens with one attached hydrogen (secondary N) is 1. The monoisotopic (exact) mass is 288 g/mol. The molecule has 2 rings (SSSR count). The van der Waals surface area contributed by atoms with Crippen LogP contribution in [0, 0.1) is 12.7 Å². The van der Waals surface area contributed by atoms with Crippen molar-refractivity contribution in [1.29, 1.82) is 0 Å². The maximum atomic E-state index is 13.9. The summed E-state index contributed by atoms with van der Waals surface area (Å²) >= 11 is 0. The van der Waals surface area contributed by atoms with Gasteiger partial charge in [0.25, 0.3) is 0 Å². The molecule has 3 nitrogen and oxygen atoms in total. The fraction of sp³-hybridized carbons (Fsp3) is 0.353. The van der Waals surface area contributed by atoms with E-state index in [0.717, 1.165) is 18.5 Å². The maximum Gasteiger partial charge on any atom is 0.219 e. The molecule has 0 fully saturated rings. The van der Waals surface area contributed by atoms with Crippen LogP contribution in [0.4, 0.5) is 4.39 Å². The molecule has 0 saturated heterocycles. The van der Waals surface area contributed by atoms with Crippen molar-refractivity contribution in [1.82, 2.24) is 10.3 Å². The predicted molar refractivity (Wildman–Crippen MR) is 82.2 cm³/mol. The number of benzene rings is 1. The van der Waals surface area contributed by atoms with Crippen LogP contribution in [0.15, 0.2) is 36.5 Å². The molecule has 1 aromatic heterocycles. The minimum absolute atomic E-state index is 0.203. The Hall–Kier alpha value is -1.94. The molecule has 0 aliphatic heterocycles. The van der Waals surface area contributed by atoms with Gasteiger partial charge in [0.05, 0.1) is 0 Å². The van der Waals surface area contributed by atoms with E-state index in [0.29, 0.717) is 11.4 Å². The fourth-order valence-electron chi connectivity index (χ4n) is 2.04. The van der Waals surface area contributed by atoms with E-state index in [1.165, 1.54) is 0 Å². The Labute approximate surface area is 125 Å². The molecule has 1 atom stereocenters. The Morgan fingerprint density at radius 3 is 2.90 bits per heavy atom. The van der Waals surface area contributed by atoms with Gasteiger partial charge < -0.3 is 10.1 Å². The number of hydrogen-bond donors (Lipinski definition) is 1. The topological polar surface area (TPSA) is 34.2 Å². The highest BCUT2D eigenvalue weighted by molar-refractivity contribution is 5.34. The zero-order valence-electron chi connectivity index (χ0n) is 12.7. The highest BCUT2D eigenvalue weighted by atomic mass is 19.1. The van der Waals surface area contributed by atoms with Gasteiger partial charge in [-0.25, -0.2) is 9.37 Å². The van der Waals surface area contributed by atoms with Crippen molar-refractivity contribution in [3.63, 3.8) is 0 Å². The molecule has 0 bridgehead atoms. The van der Waals surface area contributed by atoms with Crippen LogP contribution >= 0.6 is 0 Å². The van der Waals surface area contributed by atoms with E-state index in [1.807, 2.05) is 12.1 Å². The molecule has 0 radical (unpaired) electrons. The van der Waals surface area contributed by atoms with Crippen molar-refractivity contribution in [3.05, 3.63) is 53.5 Å². The van der Waals surface area contributed by atoms with Gasteiger partial charge in [-0.3, -0.25) is 0 Å². The van der Waals surface area contributed by atoms with Gasteiger partial charge in [0.15, 0.2) is 11.6 Å². The van der Waals surface area contributed by atoms with Crippen LogP contribution in [-0.2, 0) is 0 Å². The fourth-order valence-corrected chi connectivity index (χ4v) is 2.04. The first kappa shape index (κ1) is 15.4. The predicted octanol–water partition coefficient (Wildman–Crippen LogP) is 4.38. The standard InChI is InChI=1S/C17H21FN2O/c1-4-9-19-13(3)14-8-10-20-16(11-14)21-15-7-5-6-12(2)17(15)18/h5-8,10-11,13,19H,4,9H2,1-3H3. The first-order chi connectivity index (χ1) is 10.1. The number of aromatic nitrogens is 1. The summed E-state index contributed by atoms with van der Waals surface area (Å²) in [4.78, 5) is 4.15. The Morgan fingerprint density at radius 2 is 2.14 bits per heavy atom. The van der Waals surface area contributed by atoms with Crippen LogP contribution in [0.1, 0.15) is 37.4 Å². The number of ether oxygens (including phenoxy) is 1. The van der Waals surface area contributed by atoms with Gasteiger partial charge in [0.2, 0.25) is 5.88 Å². The lowest BCUT2D eigenvalue weighted by atomic mass is 10.1. The molecule has 0 spiro atoms. The summed E-state index contributed by atoms with van der Waals surface area (Å²) in [6.45, 7) is 6.87. The Kier molecular flexibility index (Phi) is 5.28. The summed E-state index contributed by atoms with van der Waals surface area (Å²) in [7, 11) is 0. The maximum absolute atomic E-state index is 13.9. The normalized spacial score (nSPS) is 12.2. The summed E-state index contributed by atoms with van der Waals surface area (Å²) in [5.74, 6) is 0.262. The van der Waals surface area contributed by atoms with Gasteiger partial charge in [-0.2, -0.15) is 0 Å². The number of halogens is 1. The van der Waals surface area contributed by atoms with E-state index in [9.17, 15) is 4.39 Å². The summed E-state index contributed by atoms with van der Waals surface area (Å²) < 4.78 is 19.5. The average molecular weight is 288 g/mol. The zero-order chi connectivity index (χ0) is 15.2. The van der Waals surface area contributed by atoms with Gasteiger partial charge in [-0.15, -0.1) is 0 Å². The average Bonchev–Trinajstić information content (AvgIpc) is 2.50. The molecular formula is C17H21FN2O. The molecule has 112 valence electrons. The molecule has 21 heavy (non-hydrogen) atoms. The Morgan fingerprint density at radius 1 is 1.33 bits per heavy atom. The molecule has 1 N–H and O–H groups in total. The third-order valence-corrected chi connectivity index (χ3v) is 3.33. The van der Waals surface area contributed by atoms with Crippen LogP contribution in [0.3, 0.4) is 0 Å². The van der Waals surface area contributed by atoms with Crippen molar-refractivity contribution in [2.24, 2.45) is 0 Å². The third kappa shape index (κ3) is 4.02. The SMILES string of the molecule is CCCNC(C)c1ccnc(Oc2cccc(C)c2F)c1. The number of pyridine rings is 1. The van der Waals surface area contributed by atoms with Crippen molar-refractivity contribution in [3.8, 4) is 11.6 Å². The second-order valence-electron chi connectivity index (χ2n) is 5.09. The smallest absolute Gasteiger partial charge is 0.219 e. The molecule has 1 unspecified atom stereocenters. The lowest BCUT2D eigenvalue weighted by Crippen LogP contribution is -2.19. The van der Waals surface area contributed by atoms with E-state index in [-0.39, 0.29) is 17.6 Å². The number of nitrogens with zero attached hydrogens (tertiary/aromatic N) is 1. The Balaban J connectivity index is 2.16. The van der Waals surface area contributed by atoms with E-state index < -0.39 is 0 Å². The van der Waals surface area contributed by atoms with E-state index in [2.05, 4.69) is 24.1 Å². The van der Waals surface area contributed by atoms with Crippen molar-refractivity contribution in [2.75, 3.05) is 6.54 Å². The zero-order valence-corrected chi connectivity index (χ0v) is 12.7. The quantitative estimate of drug-likeness (QED) is 0.856. The van der Waals surface area contributed by atoms with Crippen LogP contribution in [0.5, 0.6) is 11.6 Å². The largest absolute Gasteiger partial charge is 0.436 e. The second-order valence-corrected chi connectivity index (χ2v) is 5.09. The molecule has 4 heteroatoms. The minimum atomic E-state index is -0.346. The third-order valence-electron chi connectivity index (χ3n) is 3.33. The van der Waals surface area contributed by atoms with Crippen LogP contribution < -0.4 is 10.1 Å². The first-order valence-corrected chi connectivity index (χ1v) is 7.24. The first-order valence-electron chi connectivity index (χ1n) is 7.24. The molecule has 1 heterocycles. The number of rotatable bonds is 6. The van der Waals surface area contributed by atoms with Crippen LogP contribution in [0.2, 0.25) is 0 Å². The summed E-state index contributed by atoms with van der Waals surface area (Å²) in [5, 5.41) is 3.40. The number of hydrogen-bond acceptors (Lipinski definition) is 3. The van der Waals surface area contributed by atoms with Crippen molar-refractivity contribution < 1.29 is 9.13 Å². The number of aryl methyl sites for hydroxylation is 1. The molecule has 1 aromatic carbocycles. The molecule has 0 saturated carbocycles. The highest BCUT2D eigenvalue weighted by Gasteiger charge is 2.10. The van der Waals surface area contributed by atoms with Crippen molar-refractivity contribution >= 4 is 0 Å². The Bertz CT molecular complexity index is 601. The van der Waals surface area contributed by atoms with Gasteiger partial charge in [0, 0.05) is 18.3 Å². The summed E-state index contributed by atoms with van der Waals surface area (Å²) in [6.07, 6.45) is 2.76.